The van der Waals surface area contributed by atoms with Crippen LogP contribution in [0, 0.1) is 6.92 Å². The molecule has 0 radical (unpaired) electrons. The summed E-state index contributed by atoms with van der Waals surface area (Å²) in [5, 5.41) is 3.78. The molecular formula is C14H25N3. The highest BCUT2D eigenvalue weighted by molar-refractivity contribution is 5.03. The van der Waals surface area contributed by atoms with Crippen LogP contribution in [0.5, 0.6) is 0 Å². The van der Waals surface area contributed by atoms with Crippen LogP contribution in [0.1, 0.15) is 69.4 Å². The molecule has 17 heavy (non-hydrogen) atoms. The Hall–Kier alpha value is -0.830. The zero-order valence-corrected chi connectivity index (χ0v) is 11.1. The number of nitrogens with zero attached hydrogens (tertiary/aromatic N) is 1. The summed E-state index contributed by atoms with van der Waals surface area (Å²) < 4.78 is 0. The topological polar surface area (TPSA) is 40.7 Å². The summed E-state index contributed by atoms with van der Waals surface area (Å²) in [7, 11) is 0. The normalized spacial score (nSPS) is 20.1. The van der Waals surface area contributed by atoms with Gasteiger partial charge < -0.3 is 10.3 Å². The van der Waals surface area contributed by atoms with Crippen LogP contribution in [0.2, 0.25) is 0 Å². The van der Waals surface area contributed by atoms with Crippen molar-refractivity contribution in [3.8, 4) is 0 Å². The Bertz CT molecular complexity index is 324. The molecule has 0 unspecified atom stereocenters. The maximum absolute atomic E-state index is 4.46. The molecule has 0 spiro atoms. The van der Waals surface area contributed by atoms with Gasteiger partial charge in [-0.2, -0.15) is 0 Å². The molecular weight excluding hydrogens is 210 g/mol. The lowest BCUT2D eigenvalue weighted by molar-refractivity contribution is 0.382. The van der Waals surface area contributed by atoms with Gasteiger partial charge in [-0.3, -0.25) is 0 Å². The van der Waals surface area contributed by atoms with Crippen molar-refractivity contribution in [2.24, 2.45) is 0 Å². The van der Waals surface area contributed by atoms with Crippen molar-refractivity contribution in [1.29, 1.82) is 0 Å². The first-order chi connectivity index (χ1) is 8.29. The lowest BCUT2D eigenvalue weighted by atomic mass is 10.1. The van der Waals surface area contributed by atoms with E-state index in [1.165, 1.54) is 38.5 Å². The van der Waals surface area contributed by atoms with E-state index in [0.29, 0.717) is 12.1 Å². The molecule has 3 nitrogen and oxygen atoms in total. The van der Waals surface area contributed by atoms with Crippen LogP contribution in [0.3, 0.4) is 0 Å². The fourth-order valence-electron chi connectivity index (χ4n) is 2.73. The Kier molecular flexibility index (Phi) is 4.60. The molecule has 1 aromatic rings. The van der Waals surface area contributed by atoms with Crippen molar-refractivity contribution in [1.82, 2.24) is 15.3 Å². The van der Waals surface area contributed by atoms with Gasteiger partial charge in [-0.1, -0.05) is 32.6 Å². The number of hydrogen-bond acceptors (Lipinski definition) is 2. The average Bonchev–Trinajstić information content (AvgIpc) is 2.62. The summed E-state index contributed by atoms with van der Waals surface area (Å²) in [5.74, 6) is 1.11. The maximum Gasteiger partial charge on any atom is 0.123 e. The summed E-state index contributed by atoms with van der Waals surface area (Å²) in [4.78, 5) is 7.82. The molecule has 1 aliphatic rings. The quantitative estimate of drug-likeness (QED) is 0.784. The van der Waals surface area contributed by atoms with Crippen molar-refractivity contribution in [2.45, 2.75) is 70.9 Å². The first-order valence-electron chi connectivity index (χ1n) is 7.07. The number of nitrogens with one attached hydrogen (secondary N) is 2. The van der Waals surface area contributed by atoms with Crippen molar-refractivity contribution in [3.63, 3.8) is 0 Å². The molecule has 1 atom stereocenters. The minimum atomic E-state index is 0.395. The Morgan fingerprint density at radius 3 is 2.59 bits per heavy atom. The predicted octanol–water partition coefficient (Wildman–Crippen LogP) is 3.48. The second-order valence-corrected chi connectivity index (χ2v) is 5.27. The van der Waals surface area contributed by atoms with Gasteiger partial charge in [0, 0.05) is 17.9 Å². The van der Waals surface area contributed by atoms with E-state index in [-0.39, 0.29) is 0 Å². The van der Waals surface area contributed by atoms with Crippen molar-refractivity contribution in [2.75, 3.05) is 0 Å². The zero-order valence-electron chi connectivity index (χ0n) is 11.1. The van der Waals surface area contributed by atoms with E-state index in [0.717, 1.165) is 17.9 Å². The number of hydrogen-bond donors (Lipinski definition) is 2. The molecule has 2 rings (SSSR count). The van der Waals surface area contributed by atoms with Crippen LogP contribution in [0.4, 0.5) is 0 Å². The molecule has 1 aliphatic carbocycles. The maximum atomic E-state index is 4.46. The molecule has 2 N–H and O–H groups in total. The van der Waals surface area contributed by atoms with Gasteiger partial charge in [0.05, 0.1) is 6.04 Å². The second kappa shape index (κ2) is 6.20. The Labute approximate surface area is 104 Å². The minimum Gasteiger partial charge on any atom is -0.345 e. The first kappa shape index (κ1) is 12.6. The van der Waals surface area contributed by atoms with Crippen molar-refractivity contribution in [3.05, 3.63) is 17.7 Å². The third-order valence-electron chi connectivity index (χ3n) is 3.75. The fourth-order valence-corrected chi connectivity index (χ4v) is 2.73. The monoisotopic (exact) mass is 235 g/mol. The van der Waals surface area contributed by atoms with Crippen LogP contribution in [0.25, 0.3) is 0 Å². The van der Waals surface area contributed by atoms with Crippen molar-refractivity contribution < 1.29 is 0 Å². The number of rotatable bonds is 4. The average molecular weight is 235 g/mol. The summed E-state index contributed by atoms with van der Waals surface area (Å²) in [6, 6.07) is 1.08. The molecule has 3 heteroatoms. The van der Waals surface area contributed by atoms with Crippen LogP contribution in [-0.4, -0.2) is 16.0 Å². The molecule has 1 aromatic heterocycles. The summed E-state index contributed by atoms with van der Waals surface area (Å²) in [6.07, 6.45) is 11.3. The van der Waals surface area contributed by atoms with Crippen LogP contribution < -0.4 is 5.32 Å². The molecule has 1 fully saturated rings. The Morgan fingerprint density at radius 2 is 2.06 bits per heavy atom. The van der Waals surface area contributed by atoms with Gasteiger partial charge in [-0.25, -0.2) is 4.98 Å². The molecule has 0 bridgehead atoms. The number of aromatic nitrogens is 2. The predicted molar refractivity (Wildman–Crippen MR) is 71.0 cm³/mol. The highest BCUT2D eigenvalue weighted by Crippen LogP contribution is 2.21. The minimum absolute atomic E-state index is 0.395. The number of aryl methyl sites for hydroxylation is 1. The molecule has 0 aromatic carbocycles. The Morgan fingerprint density at radius 1 is 1.35 bits per heavy atom. The summed E-state index contributed by atoms with van der Waals surface area (Å²) in [6.45, 7) is 4.29. The standard InChI is InChI=1S/C14H25N3/c1-3-13(14-15-10-11(2)16-14)17-12-8-6-4-5-7-9-12/h10,12-13,17H,3-9H2,1-2H3,(H,15,16)/t13-/m1/s1. The first-order valence-corrected chi connectivity index (χ1v) is 7.07. The SMILES string of the molecule is CC[C@@H](NC1CCCCCC1)c1ncc(C)[nH]1. The highest BCUT2D eigenvalue weighted by atomic mass is 15.0. The van der Waals surface area contributed by atoms with Crippen LogP contribution in [-0.2, 0) is 0 Å². The van der Waals surface area contributed by atoms with Gasteiger partial charge in [0.15, 0.2) is 0 Å². The number of H-pyrrole nitrogens is 1. The van der Waals surface area contributed by atoms with E-state index in [9.17, 15) is 0 Å². The van der Waals surface area contributed by atoms with E-state index in [2.05, 4.69) is 29.1 Å². The molecule has 1 heterocycles. The summed E-state index contributed by atoms with van der Waals surface area (Å²) in [5.41, 5.74) is 1.15. The van der Waals surface area contributed by atoms with Gasteiger partial charge in [-0.15, -0.1) is 0 Å². The second-order valence-electron chi connectivity index (χ2n) is 5.27. The van der Waals surface area contributed by atoms with Gasteiger partial charge in [0.1, 0.15) is 5.82 Å². The van der Waals surface area contributed by atoms with E-state index in [4.69, 9.17) is 0 Å². The van der Waals surface area contributed by atoms with Gasteiger partial charge in [0.25, 0.3) is 0 Å². The number of aromatic amines is 1. The zero-order chi connectivity index (χ0) is 12.1. The van der Waals surface area contributed by atoms with Crippen LogP contribution in [0.15, 0.2) is 6.20 Å². The molecule has 1 saturated carbocycles. The van der Waals surface area contributed by atoms with E-state index >= 15 is 0 Å². The lowest BCUT2D eigenvalue weighted by Crippen LogP contribution is -2.32. The van der Waals surface area contributed by atoms with Crippen LogP contribution >= 0.6 is 0 Å². The molecule has 0 saturated heterocycles. The third-order valence-corrected chi connectivity index (χ3v) is 3.75. The van der Waals surface area contributed by atoms with E-state index in [1.54, 1.807) is 0 Å². The fraction of sp³-hybridized carbons (Fsp3) is 0.786. The van der Waals surface area contributed by atoms with Crippen molar-refractivity contribution >= 4 is 0 Å². The largest absolute Gasteiger partial charge is 0.345 e. The Balaban J connectivity index is 1.94. The smallest absolute Gasteiger partial charge is 0.123 e. The highest BCUT2D eigenvalue weighted by Gasteiger charge is 2.18. The molecule has 0 amide bonds. The van der Waals surface area contributed by atoms with Gasteiger partial charge in [0.2, 0.25) is 0 Å². The van der Waals surface area contributed by atoms with E-state index in [1.807, 2.05) is 6.20 Å². The third kappa shape index (κ3) is 3.56. The summed E-state index contributed by atoms with van der Waals surface area (Å²) >= 11 is 0. The van der Waals surface area contributed by atoms with Gasteiger partial charge >= 0.3 is 0 Å². The molecule has 96 valence electrons. The van der Waals surface area contributed by atoms with E-state index < -0.39 is 0 Å². The lowest BCUT2D eigenvalue weighted by Gasteiger charge is -2.22. The number of imidazole rings is 1. The molecule has 0 aliphatic heterocycles. The van der Waals surface area contributed by atoms with Gasteiger partial charge in [-0.05, 0) is 26.2 Å².